The molecule has 0 N–H and O–H groups in total. The summed E-state index contributed by atoms with van der Waals surface area (Å²) in [5, 5.41) is 3.77. The molecule has 0 saturated carbocycles. The Hall–Kier alpha value is -1.08. The molecule has 0 aromatic carbocycles. The Bertz CT molecular complexity index is 399. The summed E-state index contributed by atoms with van der Waals surface area (Å²) in [5.41, 5.74) is 0.935. The van der Waals surface area contributed by atoms with Crippen molar-refractivity contribution < 1.29 is 22.7 Å². The van der Waals surface area contributed by atoms with Crippen LogP contribution in [0.15, 0.2) is 16.8 Å². The highest BCUT2D eigenvalue weighted by Crippen LogP contribution is 2.20. The lowest BCUT2D eigenvalue weighted by Crippen LogP contribution is -2.55. The third-order valence-corrected chi connectivity index (χ3v) is 3.35. The minimum absolute atomic E-state index is 0.0692. The average molecular weight is 279 g/mol. The van der Waals surface area contributed by atoms with E-state index < -0.39 is 18.9 Å². The number of alkyl halides is 3. The molecule has 1 fully saturated rings. The number of likely N-dealkylation sites (tertiary alicyclic amines) is 1. The Labute approximate surface area is 106 Å². The molecule has 1 aliphatic heterocycles. The molecule has 0 aliphatic carbocycles. The van der Waals surface area contributed by atoms with Gasteiger partial charge in [-0.25, -0.2) is 0 Å². The number of thiophene rings is 1. The van der Waals surface area contributed by atoms with Crippen molar-refractivity contribution in [3.05, 3.63) is 22.4 Å². The van der Waals surface area contributed by atoms with Gasteiger partial charge in [-0.1, -0.05) is 0 Å². The van der Waals surface area contributed by atoms with Crippen LogP contribution in [0.25, 0.3) is 0 Å². The van der Waals surface area contributed by atoms with E-state index in [0.29, 0.717) is 6.42 Å². The molecule has 100 valence electrons. The van der Waals surface area contributed by atoms with E-state index in [2.05, 4.69) is 4.74 Å². The Morgan fingerprint density at radius 1 is 1.50 bits per heavy atom. The topological polar surface area (TPSA) is 29.5 Å². The van der Waals surface area contributed by atoms with Gasteiger partial charge in [-0.15, -0.1) is 0 Å². The molecule has 0 spiro atoms. The Morgan fingerprint density at radius 2 is 2.22 bits per heavy atom. The number of ether oxygens (including phenoxy) is 1. The van der Waals surface area contributed by atoms with Gasteiger partial charge in [0.2, 0.25) is 5.91 Å². The van der Waals surface area contributed by atoms with Gasteiger partial charge in [-0.3, -0.25) is 4.79 Å². The van der Waals surface area contributed by atoms with Crippen molar-refractivity contribution in [3.63, 3.8) is 0 Å². The fourth-order valence-corrected chi connectivity index (χ4v) is 2.31. The van der Waals surface area contributed by atoms with Crippen molar-refractivity contribution in [1.29, 1.82) is 0 Å². The second-order valence-electron chi connectivity index (χ2n) is 4.16. The van der Waals surface area contributed by atoms with Crippen LogP contribution in [0.2, 0.25) is 0 Å². The summed E-state index contributed by atoms with van der Waals surface area (Å²) in [7, 11) is 0. The third kappa shape index (κ3) is 3.71. The molecular weight excluding hydrogens is 267 g/mol. The summed E-state index contributed by atoms with van der Waals surface area (Å²) in [4.78, 5) is 13.2. The SMILES string of the molecule is O=C(Cc1ccsc1)N1CC(OCC(F)(F)F)C1. The van der Waals surface area contributed by atoms with Crippen LogP contribution in [-0.2, 0) is 16.0 Å². The average Bonchev–Trinajstić information content (AvgIpc) is 2.65. The van der Waals surface area contributed by atoms with Gasteiger partial charge in [-0.2, -0.15) is 24.5 Å². The molecule has 0 radical (unpaired) electrons. The molecule has 1 aromatic heterocycles. The van der Waals surface area contributed by atoms with Gasteiger partial charge in [0.25, 0.3) is 0 Å². The Balaban J connectivity index is 1.68. The van der Waals surface area contributed by atoms with Gasteiger partial charge < -0.3 is 9.64 Å². The monoisotopic (exact) mass is 279 g/mol. The predicted octanol–water partition coefficient (Wildman–Crippen LogP) is 2.08. The second-order valence-corrected chi connectivity index (χ2v) is 4.94. The maximum absolute atomic E-state index is 11.9. The maximum atomic E-state index is 11.9. The van der Waals surface area contributed by atoms with Gasteiger partial charge in [-0.05, 0) is 22.4 Å². The first-order valence-corrected chi connectivity index (χ1v) is 6.35. The van der Waals surface area contributed by atoms with Crippen LogP contribution < -0.4 is 0 Å². The molecule has 0 bridgehead atoms. The first kappa shape index (κ1) is 13.4. The van der Waals surface area contributed by atoms with Gasteiger partial charge in [0.05, 0.1) is 12.5 Å². The van der Waals surface area contributed by atoms with Crippen molar-refractivity contribution in [1.82, 2.24) is 4.90 Å². The zero-order valence-corrected chi connectivity index (χ0v) is 10.3. The van der Waals surface area contributed by atoms with Crippen molar-refractivity contribution in [2.45, 2.75) is 18.7 Å². The lowest BCUT2D eigenvalue weighted by atomic mass is 10.1. The van der Waals surface area contributed by atoms with E-state index in [0.717, 1.165) is 5.56 Å². The van der Waals surface area contributed by atoms with E-state index in [1.165, 1.54) is 16.2 Å². The van der Waals surface area contributed by atoms with Crippen LogP contribution in [0.1, 0.15) is 5.56 Å². The number of carbonyl (C=O) groups excluding carboxylic acids is 1. The molecule has 18 heavy (non-hydrogen) atoms. The van der Waals surface area contributed by atoms with E-state index in [9.17, 15) is 18.0 Å². The van der Waals surface area contributed by atoms with Gasteiger partial charge in [0.1, 0.15) is 6.61 Å². The fourth-order valence-electron chi connectivity index (χ4n) is 1.64. The molecular formula is C11H12F3NO2S. The third-order valence-electron chi connectivity index (χ3n) is 2.62. The molecule has 0 atom stereocenters. The minimum atomic E-state index is -4.30. The van der Waals surface area contributed by atoms with Crippen molar-refractivity contribution in [2.24, 2.45) is 0 Å². The molecule has 1 aromatic rings. The number of amides is 1. The molecule has 3 nitrogen and oxygen atoms in total. The first-order chi connectivity index (χ1) is 8.44. The number of nitrogens with zero attached hydrogens (tertiary/aromatic N) is 1. The number of carbonyl (C=O) groups is 1. The zero-order valence-electron chi connectivity index (χ0n) is 9.44. The van der Waals surface area contributed by atoms with Crippen molar-refractivity contribution in [2.75, 3.05) is 19.7 Å². The summed E-state index contributed by atoms with van der Waals surface area (Å²) < 4.78 is 40.3. The molecule has 0 unspecified atom stereocenters. The summed E-state index contributed by atoms with van der Waals surface area (Å²) in [6.45, 7) is -0.748. The van der Waals surface area contributed by atoms with Crippen LogP contribution in [0.3, 0.4) is 0 Å². The van der Waals surface area contributed by atoms with Crippen LogP contribution in [0.5, 0.6) is 0 Å². The number of hydrogen-bond donors (Lipinski definition) is 0. The quantitative estimate of drug-likeness (QED) is 0.844. The van der Waals surface area contributed by atoms with Crippen LogP contribution in [0.4, 0.5) is 13.2 Å². The van der Waals surface area contributed by atoms with Gasteiger partial charge in [0, 0.05) is 13.1 Å². The summed E-state index contributed by atoms with van der Waals surface area (Å²) in [5.74, 6) is -0.0692. The summed E-state index contributed by atoms with van der Waals surface area (Å²) in [6.07, 6.45) is -4.49. The highest BCUT2D eigenvalue weighted by molar-refractivity contribution is 7.07. The van der Waals surface area contributed by atoms with Crippen LogP contribution in [0, 0.1) is 0 Å². The summed E-state index contributed by atoms with van der Waals surface area (Å²) >= 11 is 1.51. The highest BCUT2D eigenvalue weighted by atomic mass is 32.1. The van der Waals surface area contributed by atoms with E-state index >= 15 is 0 Å². The Kier molecular flexibility index (Phi) is 3.91. The van der Waals surface area contributed by atoms with Gasteiger partial charge >= 0.3 is 6.18 Å². The number of rotatable bonds is 4. The molecule has 1 amide bonds. The highest BCUT2D eigenvalue weighted by Gasteiger charge is 2.35. The van der Waals surface area contributed by atoms with E-state index in [-0.39, 0.29) is 19.0 Å². The van der Waals surface area contributed by atoms with Gasteiger partial charge in [0.15, 0.2) is 0 Å². The van der Waals surface area contributed by atoms with Crippen LogP contribution in [-0.4, -0.2) is 42.8 Å². The smallest absolute Gasteiger partial charge is 0.365 e. The van der Waals surface area contributed by atoms with E-state index in [1.54, 1.807) is 0 Å². The largest absolute Gasteiger partial charge is 0.411 e. The standard InChI is InChI=1S/C11H12F3NO2S/c12-11(13,14)7-17-9-4-15(5-9)10(16)3-8-1-2-18-6-8/h1-2,6,9H,3-5,7H2. The Morgan fingerprint density at radius 3 is 2.78 bits per heavy atom. The van der Waals surface area contributed by atoms with Crippen LogP contribution >= 0.6 is 11.3 Å². The lowest BCUT2D eigenvalue weighted by Gasteiger charge is -2.39. The molecule has 2 heterocycles. The maximum Gasteiger partial charge on any atom is 0.411 e. The van der Waals surface area contributed by atoms with E-state index in [1.807, 2.05) is 16.8 Å². The van der Waals surface area contributed by atoms with Crippen molar-refractivity contribution >= 4 is 17.2 Å². The molecule has 1 saturated heterocycles. The molecule has 7 heteroatoms. The van der Waals surface area contributed by atoms with E-state index in [4.69, 9.17) is 0 Å². The number of hydrogen-bond acceptors (Lipinski definition) is 3. The second kappa shape index (κ2) is 5.27. The normalized spacial score (nSPS) is 16.7. The van der Waals surface area contributed by atoms with Crippen molar-refractivity contribution in [3.8, 4) is 0 Å². The molecule has 2 rings (SSSR count). The summed E-state index contributed by atoms with van der Waals surface area (Å²) in [6, 6.07) is 1.86. The minimum Gasteiger partial charge on any atom is -0.365 e. The first-order valence-electron chi connectivity index (χ1n) is 5.41. The predicted molar refractivity (Wildman–Crippen MR) is 60.4 cm³/mol. The number of halogens is 3. The fraction of sp³-hybridized carbons (Fsp3) is 0.545. The lowest BCUT2D eigenvalue weighted by molar-refractivity contribution is -0.199. The molecule has 1 aliphatic rings. The zero-order chi connectivity index (χ0) is 13.2.